The summed E-state index contributed by atoms with van der Waals surface area (Å²) in [4.78, 5) is 48.7. The predicted molar refractivity (Wildman–Crippen MR) is 156 cm³/mol. The van der Waals surface area contributed by atoms with Crippen molar-refractivity contribution in [1.29, 1.82) is 0 Å². The number of nitrogens with zero attached hydrogens (tertiary/aromatic N) is 5. The molecule has 2 atom stereocenters. The van der Waals surface area contributed by atoms with Gasteiger partial charge in [-0.2, -0.15) is 5.10 Å². The molecule has 1 fully saturated rings. The third-order valence-corrected chi connectivity index (χ3v) is 7.59. The van der Waals surface area contributed by atoms with Crippen LogP contribution in [0.1, 0.15) is 23.8 Å². The Balaban J connectivity index is 1.28. The van der Waals surface area contributed by atoms with Crippen LogP contribution >= 0.6 is 15.9 Å². The maximum atomic E-state index is 14.5. The molecule has 1 aliphatic rings. The van der Waals surface area contributed by atoms with Gasteiger partial charge in [-0.25, -0.2) is 9.37 Å². The maximum absolute atomic E-state index is 14.5. The molecular formula is C30H24BrFN6O3. The Morgan fingerprint density at radius 2 is 1.85 bits per heavy atom. The Morgan fingerprint density at radius 1 is 1.05 bits per heavy atom. The highest BCUT2D eigenvalue weighted by Gasteiger charge is 2.40. The van der Waals surface area contributed by atoms with Crippen LogP contribution in [0, 0.1) is 0 Å². The molecule has 1 saturated heterocycles. The number of aromatic nitrogens is 4. The molecule has 11 heteroatoms. The van der Waals surface area contributed by atoms with Crippen LogP contribution in [0.15, 0.2) is 77.5 Å². The van der Waals surface area contributed by atoms with Gasteiger partial charge in [0.05, 0.1) is 17.6 Å². The lowest BCUT2D eigenvalue weighted by atomic mass is 10.0. The number of nitrogens with one attached hydrogen (secondary N) is 1. The fraction of sp³-hybridized carbons (Fsp3) is 0.200. The van der Waals surface area contributed by atoms with Crippen molar-refractivity contribution in [2.45, 2.75) is 32.1 Å². The summed E-state index contributed by atoms with van der Waals surface area (Å²) in [6.45, 7) is 0.964. The van der Waals surface area contributed by atoms with Crippen molar-refractivity contribution in [1.82, 2.24) is 24.6 Å². The zero-order valence-corrected chi connectivity index (χ0v) is 23.5. The highest BCUT2D eigenvalue weighted by Crippen LogP contribution is 2.30. The fourth-order valence-electron chi connectivity index (χ4n) is 5.21. The number of benzene rings is 2. The molecule has 1 N–H and O–H groups in total. The van der Waals surface area contributed by atoms with E-state index in [0.29, 0.717) is 21.3 Å². The molecule has 4 heterocycles. The van der Waals surface area contributed by atoms with Gasteiger partial charge in [0.25, 0.3) is 0 Å². The number of rotatable bonds is 6. The Bertz CT molecular complexity index is 1840. The number of hydrogen-bond donors (Lipinski definition) is 1. The molecule has 0 radical (unpaired) electrons. The minimum Gasteiger partial charge on any atom is -0.326 e. The minimum atomic E-state index is -1.34. The normalized spacial score (nSPS) is 16.8. The summed E-state index contributed by atoms with van der Waals surface area (Å²) in [5.74, 6) is -0.946. The average molecular weight is 615 g/mol. The smallest absolute Gasteiger partial charge is 0.248 e. The summed E-state index contributed by atoms with van der Waals surface area (Å²) >= 11 is 3.25. The number of anilines is 1. The number of pyridine rings is 2. The third kappa shape index (κ3) is 5.32. The van der Waals surface area contributed by atoms with Crippen molar-refractivity contribution in [3.63, 3.8) is 0 Å². The number of halogens is 2. The number of ketones is 1. The van der Waals surface area contributed by atoms with E-state index in [1.165, 1.54) is 16.5 Å². The van der Waals surface area contributed by atoms with Gasteiger partial charge in [-0.1, -0.05) is 24.3 Å². The van der Waals surface area contributed by atoms with Crippen LogP contribution in [0.2, 0.25) is 0 Å². The van der Waals surface area contributed by atoms with E-state index in [9.17, 15) is 18.8 Å². The highest BCUT2D eigenvalue weighted by atomic mass is 79.9. The summed E-state index contributed by atoms with van der Waals surface area (Å²) < 4.78 is 16.5. The lowest BCUT2D eigenvalue weighted by Gasteiger charge is -2.23. The van der Waals surface area contributed by atoms with Gasteiger partial charge in [0, 0.05) is 30.3 Å². The van der Waals surface area contributed by atoms with Crippen LogP contribution < -0.4 is 5.32 Å². The largest absolute Gasteiger partial charge is 0.326 e. The summed E-state index contributed by atoms with van der Waals surface area (Å²) in [5.41, 5.74) is 3.53. The van der Waals surface area contributed by atoms with E-state index in [-0.39, 0.29) is 31.0 Å². The number of Topliss-reactive ketones (excluding diaryl/α,β-unsaturated/α-hetero) is 1. The molecule has 0 spiro atoms. The van der Waals surface area contributed by atoms with Crippen molar-refractivity contribution in [2.24, 2.45) is 0 Å². The van der Waals surface area contributed by atoms with Crippen molar-refractivity contribution in [2.75, 3.05) is 11.9 Å². The molecule has 0 unspecified atom stereocenters. The Kier molecular flexibility index (Phi) is 7.04. The first-order valence-electron chi connectivity index (χ1n) is 13.0. The average Bonchev–Trinajstić information content (AvgIpc) is 3.53. The first kappa shape index (κ1) is 26.7. The van der Waals surface area contributed by atoms with Gasteiger partial charge in [0.2, 0.25) is 11.8 Å². The van der Waals surface area contributed by atoms with Crippen LogP contribution in [0.25, 0.3) is 32.9 Å². The van der Waals surface area contributed by atoms with E-state index in [1.807, 2.05) is 48.5 Å². The van der Waals surface area contributed by atoms with Crippen molar-refractivity contribution in [3.8, 4) is 11.1 Å². The zero-order valence-electron chi connectivity index (χ0n) is 21.9. The number of carbonyl (C=O) groups excluding carboxylic acids is 3. The molecule has 0 bridgehead atoms. The van der Waals surface area contributed by atoms with Gasteiger partial charge in [-0.15, -0.1) is 0 Å². The monoisotopic (exact) mass is 614 g/mol. The first-order valence-corrected chi connectivity index (χ1v) is 13.8. The van der Waals surface area contributed by atoms with Gasteiger partial charge in [0.15, 0.2) is 5.78 Å². The molecule has 5 aromatic rings. The molecule has 0 aliphatic carbocycles. The summed E-state index contributed by atoms with van der Waals surface area (Å²) in [6, 6.07) is 19.4. The number of alkyl halides is 1. The first-order chi connectivity index (χ1) is 19.8. The van der Waals surface area contributed by atoms with Gasteiger partial charge in [-0.05, 0) is 69.5 Å². The van der Waals surface area contributed by atoms with Crippen molar-refractivity contribution >= 4 is 61.2 Å². The fourth-order valence-corrected chi connectivity index (χ4v) is 5.55. The number of fused-ring (bicyclic) bond motifs is 2. The third-order valence-electron chi connectivity index (χ3n) is 7.14. The molecule has 6 rings (SSSR count). The van der Waals surface area contributed by atoms with E-state index in [0.717, 1.165) is 22.0 Å². The Morgan fingerprint density at radius 3 is 2.66 bits per heavy atom. The van der Waals surface area contributed by atoms with Gasteiger partial charge < -0.3 is 10.2 Å². The summed E-state index contributed by atoms with van der Waals surface area (Å²) in [7, 11) is 0. The molecule has 9 nitrogen and oxygen atoms in total. The molecule has 0 saturated carbocycles. The lowest BCUT2D eigenvalue weighted by molar-refractivity contribution is -0.137. The van der Waals surface area contributed by atoms with Crippen molar-refractivity contribution in [3.05, 3.63) is 83.2 Å². The van der Waals surface area contributed by atoms with E-state index < -0.39 is 24.0 Å². The zero-order chi connectivity index (χ0) is 28.7. The Hall–Kier alpha value is -4.51. The molecule has 206 valence electrons. The summed E-state index contributed by atoms with van der Waals surface area (Å²) in [6.07, 6.45) is 0.286. The van der Waals surface area contributed by atoms with Crippen LogP contribution in [-0.2, 0) is 16.1 Å². The number of carbonyl (C=O) groups is 3. The lowest BCUT2D eigenvalue weighted by Crippen LogP contribution is -2.44. The van der Waals surface area contributed by atoms with E-state index >= 15 is 0 Å². The van der Waals surface area contributed by atoms with Crippen LogP contribution in [0.4, 0.5) is 10.2 Å². The standard InChI is InChI=1S/C30H24BrFN6O3/c1-17(39)29-22-13-19(18-7-9-23-20(12-18)4-3-11-33-23)8-10-24(22)38(36-29)16-28(40)37-15-21(32)14-25(37)30(41)35-27-6-2-5-26(31)34-27/h2-13,21,25H,14-16H2,1H3,(H,34,35,41)/t21-,25+/m1/s1. The predicted octanol–water partition coefficient (Wildman–Crippen LogP) is 5.19. The highest BCUT2D eigenvalue weighted by molar-refractivity contribution is 9.10. The second kappa shape index (κ2) is 10.8. The molecule has 3 aromatic heterocycles. The Labute approximate surface area is 242 Å². The van der Waals surface area contributed by atoms with Gasteiger partial charge >= 0.3 is 0 Å². The van der Waals surface area contributed by atoms with Crippen molar-refractivity contribution < 1.29 is 18.8 Å². The van der Waals surface area contributed by atoms with Gasteiger partial charge in [0.1, 0.15) is 34.9 Å². The molecule has 2 aromatic carbocycles. The molecule has 2 amide bonds. The molecule has 1 aliphatic heterocycles. The SMILES string of the molecule is CC(=O)c1nn(CC(=O)N2C[C@H](F)C[C@H]2C(=O)Nc2cccc(Br)n2)c2ccc(-c3ccc4ncccc4c3)cc12. The van der Waals surface area contributed by atoms with E-state index in [4.69, 9.17) is 0 Å². The maximum Gasteiger partial charge on any atom is 0.248 e. The summed E-state index contributed by atoms with van der Waals surface area (Å²) in [5, 5.41) is 8.71. The molecular weight excluding hydrogens is 591 g/mol. The second-order valence-corrected chi connectivity index (χ2v) is 10.7. The second-order valence-electron chi connectivity index (χ2n) is 9.93. The number of hydrogen-bond acceptors (Lipinski definition) is 6. The van der Waals surface area contributed by atoms with E-state index in [2.05, 4.69) is 36.3 Å². The quantitative estimate of drug-likeness (QED) is 0.208. The van der Waals surface area contributed by atoms with Crippen LogP contribution in [0.3, 0.4) is 0 Å². The van der Waals surface area contributed by atoms with E-state index in [1.54, 1.807) is 24.4 Å². The van der Waals surface area contributed by atoms with Gasteiger partial charge in [-0.3, -0.25) is 24.0 Å². The number of amides is 2. The molecule has 41 heavy (non-hydrogen) atoms. The topological polar surface area (TPSA) is 110 Å². The van der Waals surface area contributed by atoms with Crippen LogP contribution in [-0.4, -0.2) is 61.0 Å². The minimum absolute atomic E-state index is 0.116. The number of likely N-dealkylation sites (tertiary alicyclic amines) is 1. The van der Waals surface area contributed by atoms with Crippen LogP contribution in [0.5, 0.6) is 0 Å².